The summed E-state index contributed by atoms with van der Waals surface area (Å²) in [5.41, 5.74) is 6.33. The second-order valence-corrected chi connectivity index (χ2v) is 6.36. The minimum Gasteiger partial charge on any atom is -0.396 e. The lowest BCUT2D eigenvalue weighted by Crippen LogP contribution is -2.13. The number of rotatable bonds is 3. The Kier molecular flexibility index (Phi) is 3.87. The van der Waals surface area contributed by atoms with Gasteiger partial charge in [-0.25, -0.2) is 12.8 Å². The van der Waals surface area contributed by atoms with Gasteiger partial charge in [0, 0.05) is 0 Å². The van der Waals surface area contributed by atoms with Crippen molar-refractivity contribution in [2.45, 2.75) is 11.8 Å². The van der Waals surface area contributed by atoms with Gasteiger partial charge in [-0.3, -0.25) is 4.72 Å². The summed E-state index contributed by atoms with van der Waals surface area (Å²) in [6, 6.07) is 8.17. The summed E-state index contributed by atoms with van der Waals surface area (Å²) in [7, 11) is -3.92. The summed E-state index contributed by atoms with van der Waals surface area (Å²) < 4.78 is 39.9. The molecule has 0 amide bonds. The molecule has 4 nitrogen and oxygen atoms in total. The highest BCUT2D eigenvalue weighted by Gasteiger charge is 2.17. The van der Waals surface area contributed by atoms with Gasteiger partial charge in [0.2, 0.25) is 0 Å². The van der Waals surface area contributed by atoms with E-state index < -0.39 is 15.8 Å². The van der Waals surface area contributed by atoms with E-state index >= 15 is 0 Å². The van der Waals surface area contributed by atoms with Gasteiger partial charge in [-0.05, 0) is 42.8 Å². The maximum Gasteiger partial charge on any atom is 0.262 e. The fourth-order valence-electron chi connectivity index (χ4n) is 1.58. The van der Waals surface area contributed by atoms with E-state index in [0.29, 0.717) is 0 Å². The number of nitrogen functional groups attached to an aromatic ring is 1. The average Bonchev–Trinajstić information content (AvgIpc) is 2.36. The van der Waals surface area contributed by atoms with Gasteiger partial charge in [-0.2, -0.15) is 0 Å². The van der Waals surface area contributed by atoms with Crippen LogP contribution in [-0.4, -0.2) is 8.42 Å². The Bertz CT molecular complexity index is 763. The van der Waals surface area contributed by atoms with E-state index in [4.69, 9.17) is 17.3 Å². The third-order valence-corrected chi connectivity index (χ3v) is 4.33. The Labute approximate surface area is 121 Å². The highest BCUT2D eigenvalue weighted by Crippen LogP contribution is 2.26. The standard InChI is InChI=1S/C13H12ClFN2O2S/c1-8-2-5-13(10(14)6-8)17-20(18,19)9-3-4-12(16)11(15)7-9/h2-7,17H,16H2,1H3. The molecule has 0 aliphatic carbocycles. The molecular formula is C13H12ClFN2O2S. The quantitative estimate of drug-likeness (QED) is 0.855. The van der Waals surface area contributed by atoms with E-state index in [1.165, 1.54) is 12.1 Å². The zero-order valence-corrected chi connectivity index (χ0v) is 12.1. The van der Waals surface area contributed by atoms with Crippen LogP contribution in [0.25, 0.3) is 0 Å². The number of aryl methyl sites for hydroxylation is 1. The van der Waals surface area contributed by atoms with Crippen LogP contribution in [0.4, 0.5) is 15.8 Å². The first-order valence-electron chi connectivity index (χ1n) is 5.63. The van der Waals surface area contributed by atoms with Gasteiger partial charge in [-0.1, -0.05) is 17.7 Å². The highest BCUT2D eigenvalue weighted by atomic mass is 35.5. The molecule has 7 heteroatoms. The maximum absolute atomic E-state index is 13.3. The summed E-state index contributed by atoms with van der Waals surface area (Å²) in [6.07, 6.45) is 0. The molecule has 3 N–H and O–H groups in total. The first-order chi connectivity index (χ1) is 9.29. The predicted octanol–water partition coefficient (Wildman–Crippen LogP) is 3.17. The van der Waals surface area contributed by atoms with Crippen LogP contribution in [0.3, 0.4) is 0 Å². The Morgan fingerprint density at radius 2 is 1.90 bits per heavy atom. The predicted molar refractivity (Wildman–Crippen MR) is 77.8 cm³/mol. The maximum atomic E-state index is 13.3. The van der Waals surface area contributed by atoms with Crippen molar-refractivity contribution < 1.29 is 12.8 Å². The normalized spacial score (nSPS) is 11.3. The Balaban J connectivity index is 2.38. The molecule has 20 heavy (non-hydrogen) atoms. The molecule has 0 fully saturated rings. The molecule has 0 atom stereocenters. The number of nitrogens with two attached hydrogens (primary N) is 1. The monoisotopic (exact) mass is 314 g/mol. The summed E-state index contributed by atoms with van der Waals surface area (Å²) in [5.74, 6) is -0.789. The lowest BCUT2D eigenvalue weighted by molar-refractivity contribution is 0.596. The molecule has 0 saturated carbocycles. The molecule has 0 radical (unpaired) electrons. The van der Waals surface area contributed by atoms with E-state index in [0.717, 1.165) is 11.6 Å². The minimum atomic E-state index is -3.92. The summed E-state index contributed by atoms with van der Waals surface area (Å²) in [4.78, 5) is -0.221. The van der Waals surface area contributed by atoms with Gasteiger partial charge in [0.1, 0.15) is 5.82 Å². The first-order valence-corrected chi connectivity index (χ1v) is 7.50. The van der Waals surface area contributed by atoms with Gasteiger partial charge in [0.25, 0.3) is 10.0 Å². The van der Waals surface area contributed by atoms with E-state index in [9.17, 15) is 12.8 Å². The third kappa shape index (κ3) is 3.02. The third-order valence-electron chi connectivity index (χ3n) is 2.65. The SMILES string of the molecule is Cc1ccc(NS(=O)(=O)c2ccc(N)c(F)c2)c(Cl)c1. The zero-order valence-electron chi connectivity index (χ0n) is 10.5. The van der Waals surface area contributed by atoms with Gasteiger partial charge >= 0.3 is 0 Å². The van der Waals surface area contributed by atoms with Gasteiger partial charge in [0.05, 0.1) is 21.3 Å². The second-order valence-electron chi connectivity index (χ2n) is 4.27. The topological polar surface area (TPSA) is 72.2 Å². The van der Waals surface area contributed by atoms with Crippen molar-refractivity contribution >= 4 is 33.0 Å². The number of hydrogen-bond acceptors (Lipinski definition) is 3. The molecule has 2 aromatic carbocycles. The fraction of sp³-hybridized carbons (Fsp3) is 0.0769. The number of hydrogen-bond donors (Lipinski definition) is 2. The van der Waals surface area contributed by atoms with Gasteiger partial charge in [-0.15, -0.1) is 0 Å². The van der Waals surface area contributed by atoms with Crippen LogP contribution in [0.15, 0.2) is 41.3 Å². The number of sulfonamides is 1. The van der Waals surface area contributed by atoms with Crippen LogP contribution in [-0.2, 0) is 10.0 Å². The van der Waals surface area contributed by atoms with Gasteiger partial charge < -0.3 is 5.73 Å². The van der Waals surface area contributed by atoms with Crippen LogP contribution in [0, 0.1) is 12.7 Å². The fourth-order valence-corrected chi connectivity index (χ4v) is 3.01. The molecule has 106 valence electrons. The lowest BCUT2D eigenvalue weighted by atomic mass is 10.2. The van der Waals surface area contributed by atoms with E-state index in [1.54, 1.807) is 18.2 Å². The average molecular weight is 315 g/mol. The molecule has 0 saturated heterocycles. The van der Waals surface area contributed by atoms with Crippen LogP contribution >= 0.6 is 11.6 Å². The molecule has 0 spiro atoms. The van der Waals surface area contributed by atoms with Crippen molar-refractivity contribution in [2.24, 2.45) is 0 Å². The van der Waals surface area contributed by atoms with Gasteiger partial charge in [0.15, 0.2) is 0 Å². The number of benzene rings is 2. The van der Waals surface area contributed by atoms with Crippen molar-refractivity contribution in [3.8, 4) is 0 Å². The molecular weight excluding hydrogens is 303 g/mol. The molecule has 2 aromatic rings. The lowest BCUT2D eigenvalue weighted by Gasteiger charge is -2.10. The summed E-state index contributed by atoms with van der Waals surface area (Å²) in [6.45, 7) is 1.83. The van der Waals surface area contributed by atoms with Crippen molar-refractivity contribution in [3.05, 3.63) is 52.8 Å². The van der Waals surface area contributed by atoms with E-state index in [2.05, 4.69) is 4.72 Å². The molecule has 0 aliphatic heterocycles. The molecule has 0 unspecified atom stereocenters. The number of anilines is 2. The highest BCUT2D eigenvalue weighted by molar-refractivity contribution is 7.92. The number of nitrogens with one attached hydrogen (secondary N) is 1. The van der Waals surface area contributed by atoms with E-state index in [1.807, 2.05) is 6.92 Å². The van der Waals surface area contributed by atoms with Crippen LogP contribution in [0.5, 0.6) is 0 Å². The van der Waals surface area contributed by atoms with Crippen molar-refractivity contribution in [2.75, 3.05) is 10.5 Å². The van der Waals surface area contributed by atoms with Crippen molar-refractivity contribution in [1.29, 1.82) is 0 Å². The van der Waals surface area contributed by atoms with Crippen LogP contribution in [0.1, 0.15) is 5.56 Å². The number of halogens is 2. The zero-order chi connectivity index (χ0) is 14.9. The Morgan fingerprint density at radius 1 is 1.20 bits per heavy atom. The van der Waals surface area contributed by atoms with Crippen LogP contribution < -0.4 is 10.5 Å². The largest absolute Gasteiger partial charge is 0.396 e. The van der Waals surface area contributed by atoms with Crippen LogP contribution in [0.2, 0.25) is 5.02 Å². The van der Waals surface area contributed by atoms with Crippen molar-refractivity contribution in [3.63, 3.8) is 0 Å². The minimum absolute atomic E-state index is 0.114. The summed E-state index contributed by atoms with van der Waals surface area (Å²) >= 11 is 5.96. The molecule has 0 heterocycles. The summed E-state index contributed by atoms with van der Waals surface area (Å²) in [5, 5.41) is 0.268. The Morgan fingerprint density at radius 3 is 2.50 bits per heavy atom. The van der Waals surface area contributed by atoms with E-state index in [-0.39, 0.29) is 21.3 Å². The second kappa shape index (κ2) is 5.30. The molecule has 0 bridgehead atoms. The Hall–Kier alpha value is -1.79. The molecule has 0 aliphatic rings. The first kappa shape index (κ1) is 14.6. The molecule has 0 aromatic heterocycles. The molecule has 2 rings (SSSR count). The smallest absolute Gasteiger partial charge is 0.262 e. The van der Waals surface area contributed by atoms with Crippen molar-refractivity contribution in [1.82, 2.24) is 0 Å².